The first kappa shape index (κ1) is 10.7. The molecule has 0 radical (unpaired) electrons. The molecule has 2 aromatic rings. The molecule has 0 fully saturated rings. The van der Waals surface area contributed by atoms with Gasteiger partial charge >= 0.3 is 5.97 Å². The quantitative estimate of drug-likeness (QED) is 0.757. The summed E-state index contributed by atoms with van der Waals surface area (Å²) < 4.78 is 0. The minimum Gasteiger partial charge on any atom is -0.481 e. The minimum atomic E-state index is -0.718. The van der Waals surface area contributed by atoms with Crippen LogP contribution in [-0.2, 0) is 11.2 Å². The van der Waals surface area contributed by atoms with Crippen LogP contribution in [0.1, 0.15) is 24.8 Å². The van der Waals surface area contributed by atoms with Crippen molar-refractivity contribution in [3.63, 3.8) is 0 Å². The molecule has 0 spiro atoms. The number of aryl methyl sites for hydroxylation is 1. The van der Waals surface area contributed by atoms with Gasteiger partial charge in [-0.3, -0.25) is 4.79 Å². The van der Waals surface area contributed by atoms with E-state index in [1.54, 1.807) is 6.33 Å². The van der Waals surface area contributed by atoms with Crippen LogP contribution in [0, 0.1) is 0 Å². The summed E-state index contributed by atoms with van der Waals surface area (Å²) in [5, 5.41) is 8.51. The Bertz CT molecular complexity index is 490. The van der Waals surface area contributed by atoms with Crippen LogP contribution in [-0.4, -0.2) is 21.0 Å². The van der Waals surface area contributed by atoms with Gasteiger partial charge in [0, 0.05) is 6.42 Å². The first-order valence-electron chi connectivity index (χ1n) is 5.39. The molecule has 0 aliphatic rings. The third-order valence-corrected chi connectivity index (χ3v) is 2.59. The number of aromatic nitrogens is 2. The molecule has 0 aliphatic carbocycles. The van der Waals surface area contributed by atoms with E-state index in [-0.39, 0.29) is 6.42 Å². The summed E-state index contributed by atoms with van der Waals surface area (Å²) in [6.45, 7) is 0. The molecule has 0 bridgehead atoms. The Morgan fingerprint density at radius 2 is 2.25 bits per heavy atom. The maximum absolute atomic E-state index is 10.3. The van der Waals surface area contributed by atoms with Gasteiger partial charge in [0.05, 0.1) is 17.4 Å². The van der Waals surface area contributed by atoms with E-state index in [0.717, 1.165) is 30.3 Å². The van der Waals surface area contributed by atoms with Crippen LogP contribution >= 0.6 is 0 Å². The number of imidazole rings is 1. The topological polar surface area (TPSA) is 66.0 Å². The zero-order valence-electron chi connectivity index (χ0n) is 8.94. The lowest BCUT2D eigenvalue weighted by Gasteiger charge is -2.00. The van der Waals surface area contributed by atoms with E-state index in [4.69, 9.17) is 5.11 Å². The molecule has 1 aromatic carbocycles. The second-order valence-electron chi connectivity index (χ2n) is 3.85. The van der Waals surface area contributed by atoms with Gasteiger partial charge < -0.3 is 10.1 Å². The van der Waals surface area contributed by atoms with Crippen molar-refractivity contribution in [2.24, 2.45) is 0 Å². The molecule has 0 atom stereocenters. The molecule has 0 saturated carbocycles. The smallest absolute Gasteiger partial charge is 0.303 e. The minimum absolute atomic E-state index is 0.256. The molecule has 1 aromatic heterocycles. The fraction of sp³-hybridized carbons (Fsp3) is 0.333. The predicted molar refractivity (Wildman–Crippen MR) is 61.3 cm³/mol. The number of carbonyl (C=O) groups is 1. The van der Waals surface area contributed by atoms with Crippen LogP contribution in [0.15, 0.2) is 24.5 Å². The number of hydrogen-bond donors (Lipinski definition) is 2. The second-order valence-corrected chi connectivity index (χ2v) is 3.85. The van der Waals surface area contributed by atoms with Crippen LogP contribution in [0.4, 0.5) is 0 Å². The summed E-state index contributed by atoms with van der Waals surface area (Å²) in [6.07, 6.45) is 4.50. The largest absolute Gasteiger partial charge is 0.481 e. The van der Waals surface area contributed by atoms with E-state index in [0.29, 0.717) is 0 Å². The summed E-state index contributed by atoms with van der Waals surface area (Å²) in [4.78, 5) is 17.5. The highest BCUT2D eigenvalue weighted by atomic mass is 16.4. The lowest BCUT2D eigenvalue weighted by molar-refractivity contribution is -0.137. The Morgan fingerprint density at radius 3 is 3.06 bits per heavy atom. The number of carboxylic acid groups (broad SMARTS) is 1. The van der Waals surface area contributed by atoms with E-state index in [1.807, 2.05) is 12.1 Å². The SMILES string of the molecule is O=C(O)CCCCc1ccc2nc[nH]c2c1. The Balaban J connectivity index is 1.91. The number of carboxylic acids is 1. The Labute approximate surface area is 93.3 Å². The van der Waals surface area contributed by atoms with Crippen molar-refractivity contribution in [2.75, 3.05) is 0 Å². The van der Waals surface area contributed by atoms with Gasteiger partial charge in [-0.1, -0.05) is 6.07 Å². The number of unbranched alkanes of at least 4 members (excludes halogenated alkanes) is 1. The van der Waals surface area contributed by atoms with Crippen molar-refractivity contribution in [2.45, 2.75) is 25.7 Å². The van der Waals surface area contributed by atoms with Gasteiger partial charge in [-0.05, 0) is 37.0 Å². The highest BCUT2D eigenvalue weighted by Crippen LogP contribution is 2.13. The van der Waals surface area contributed by atoms with Crippen molar-refractivity contribution in [3.05, 3.63) is 30.1 Å². The first-order valence-corrected chi connectivity index (χ1v) is 5.39. The van der Waals surface area contributed by atoms with Gasteiger partial charge in [-0.25, -0.2) is 4.98 Å². The van der Waals surface area contributed by atoms with Gasteiger partial charge in [-0.15, -0.1) is 0 Å². The lowest BCUT2D eigenvalue weighted by Crippen LogP contribution is -1.94. The van der Waals surface area contributed by atoms with Gasteiger partial charge in [0.1, 0.15) is 0 Å². The molecule has 84 valence electrons. The van der Waals surface area contributed by atoms with E-state index in [2.05, 4.69) is 16.0 Å². The summed E-state index contributed by atoms with van der Waals surface area (Å²) in [7, 11) is 0. The standard InChI is InChI=1S/C12H14N2O2/c15-12(16)4-2-1-3-9-5-6-10-11(7-9)14-8-13-10/h5-8H,1-4H2,(H,13,14)(H,15,16). The number of aliphatic carboxylic acids is 1. The monoisotopic (exact) mass is 218 g/mol. The molecular weight excluding hydrogens is 204 g/mol. The van der Waals surface area contributed by atoms with Gasteiger partial charge in [0.25, 0.3) is 0 Å². The van der Waals surface area contributed by atoms with Crippen molar-refractivity contribution >= 4 is 17.0 Å². The number of nitrogens with one attached hydrogen (secondary N) is 1. The molecule has 0 amide bonds. The van der Waals surface area contributed by atoms with Crippen molar-refractivity contribution in [3.8, 4) is 0 Å². The number of fused-ring (bicyclic) bond motifs is 1. The molecule has 16 heavy (non-hydrogen) atoms. The lowest BCUT2D eigenvalue weighted by atomic mass is 10.1. The number of rotatable bonds is 5. The van der Waals surface area contributed by atoms with Gasteiger partial charge in [0.15, 0.2) is 0 Å². The predicted octanol–water partition coefficient (Wildman–Crippen LogP) is 2.36. The van der Waals surface area contributed by atoms with Crippen LogP contribution in [0.5, 0.6) is 0 Å². The van der Waals surface area contributed by atoms with E-state index in [9.17, 15) is 4.79 Å². The number of nitrogens with zero attached hydrogens (tertiary/aromatic N) is 1. The summed E-state index contributed by atoms with van der Waals surface area (Å²) in [6, 6.07) is 6.10. The van der Waals surface area contributed by atoms with Crippen LogP contribution in [0.3, 0.4) is 0 Å². The molecule has 0 aliphatic heterocycles. The molecule has 4 heteroatoms. The number of hydrogen-bond acceptors (Lipinski definition) is 2. The fourth-order valence-electron chi connectivity index (χ4n) is 1.74. The van der Waals surface area contributed by atoms with Crippen LogP contribution < -0.4 is 0 Å². The fourth-order valence-corrected chi connectivity index (χ4v) is 1.74. The number of benzene rings is 1. The third-order valence-electron chi connectivity index (χ3n) is 2.59. The highest BCUT2D eigenvalue weighted by Gasteiger charge is 2.00. The summed E-state index contributed by atoms with van der Waals surface area (Å²) in [5.74, 6) is -0.718. The average Bonchev–Trinajstić information content (AvgIpc) is 2.71. The Kier molecular flexibility index (Phi) is 3.19. The molecule has 1 heterocycles. The molecule has 4 nitrogen and oxygen atoms in total. The average molecular weight is 218 g/mol. The van der Waals surface area contributed by atoms with E-state index >= 15 is 0 Å². The third kappa shape index (κ3) is 2.59. The zero-order valence-corrected chi connectivity index (χ0v) is 8.94. The van der Waals surface area contributed by atoms with Gasteiger partial charge in [0.2, 0.25) is 0 Å². The zero-order chi connectivity index (χ0) is 11.4. The second kappa shape index (κ2) is 4.79. The molecular formula is C12H14N2O2. The summed E-state index contributed by atoms with van der Waals surface area (Å²) >= 11 is 0. The van der Waals surface area contributed by atoms with Crippen molar-refractivity contribution in [1.29, 1.82) is 0 Å². The molecule has 0 unspecified atom stereocenters. The van der Waals surface area contributed by atoms with Gasteiger partial charge in [-0.2, -0.15) is 0 Å². The molecule has 2 N–H and O–H groups in total. The van der Waals surface area contributed by atoms with E-state index in [1.165, 1.54) is 5.56 Å². The number of H-pyrrole nitrogens is 1. The molecule has 0 saturated heterocycles. The normalized spacial score (nSPS) is 10.8. The first-order chi connectivity index (χ1) is 7.75. The molecule has 2 rings (SSSR count). The summed E-state index contributed by atoms with van der Waals surface area (Å²) in [5.41, 5.74) is 3.23. The van der Waals surface area contributed by atoms with E-state index < -0.39 is 5.97 Å². The van der Waals surface area contributed by atoms with Crippen molar-refractivity contribution < 1.29 is 9.90 Å². The van der Waals surface area contributed by atoms with Crippen LogP contribution in [0.25, 0.3) is 11.0 Å². The van der Waals surface area contributed by atoms with Crippen molar-refractivity contribution in [1.82, 2.24) is 9.97 Å². The Hall–Kier alpha value is -1.84. The number of aromatic amines is 1. The maximum Gasteiger partial charge on any atom is 0.303 e. The Morgan fingerprint density at radius 1 is 1.38 bits per heavy atom. The highest BCUT2D eigenvalue weighted by molar-refractivity contribution is 5.75. The van der Waals surface area contributed by atoms with Crippen LogP contribution in [0.2, 0.25) is 0 Å². The maximum atomic E-state index is 10.3.